The van der Waals surface area contributed by atoms with Crippen LogP contribution in [0.3, 0.4) is 0 Å². The smallest absolute Gasteiger partial charge is 0.164 e. The molecule has 7 aromatic carbocycles. The van der Waals surface area contributed by atoms with Gasteiger partial charge in [-0.2, -0.15) is 0 Å². The lowest BCUT2D eigenvalue weighted by atomic mass is 10.1. The Labute approximate surface area is 300 Å². The maximum absolute atomic E-state index is 5.15. The normalized spacial score (nSPS) is 11.9. The van der Waals surface area contributed by atoms with Crippen molar-refractivity contribution in [3.05, 3.63) is 158 Å². The summed E-state index contributed by atoms with van der Waals surface area (Å²) in [5.41, 5.74) is 6.34. The first kappa shape index (κ1) is 28.6. The molecular weight excluding hydrogens is 661 g/mol. The third kappa shape index (κ3) is 4.47. The van der Waals surface area contributed by atoms with Crippen molar-refractivity contribution < 1.29 is 0 Å². The maximum Gasteiger partial charge on any atom is 0.164 e. The molecule has 0 amide bonds. The summed E-state index contributed by atoms with van der Waals surface area (Å²) in [5, 5.41) is 7.55. The molecule has 0 fully saturated rings. The van der Waals surface area contributed by atoms with Gasteiger partial charge < -0.3 is 4.57 Å². The standard InChI is InChI=1S/C45H26N4S2/c1-3-13-27(14-4-1)43-46-44(28-15-5-2-6-16-28)48-45(47-43)29-23-37(42-32-19-9-12-22-39(32)51-41(42)24-29)49-35-20-10-7-17-30(35)33-26-40-34(25-36(33)49)31-18-8-11-21-38(31)50-40/h1-26H. The number of hydrogen-bond donors (Lipinski definition) is 0. The first-order valence-electron chi connectivity index (χ1n) is 16.9. The number of nitrogens with zero attached hydrogens (tertiary/aromatic N) is 4. The number of benzene rings is 7. The fourth-order valence-electron chi connectivity index (χ4n) is 7.52. The maximum atomic E-state index is 5.15. The SMILES string of the molecule is c1ccc(-c2nc(-c3ccccc3)nc(-c3cc(-n4c5ccccc5c5cc6sc7ccccc7c6cc54)c4c(c3)sc3ccccc34)n2)cc1. The molecule has 0 atom stereocenters. The third-order valence-electron chi connectivity index (χ3n) is 9.83. The number of aromatic nitrogens is 4. The zero-order valence-corrected chi connectivity index (χ0v) is 28.7. The molecule has 0 spiro atoms. The van der Waals surface area contributed by atoms with E-state index >= 15 is 0 Å². The summed E-state index contributed by atoms with van der Waals surface area (Å²) in [6.07, 6.45) is 0. The summed E-state index contributed by atoms with van der Waals surface area (Å²) in [4.78, 5) is 15.3. The molecule has 0 unspecified atom stereocenters. The predicted octanol–water partition coefficient (Wildman–Crippen LogP) is 12.7. The van der Waals surface area contributed by atoms with Crippen molar-refractivity contribution in [2.45, 2.75) is 0 Å². The third-order valence-corrected chi connectivity index (χ3v) is 12.1. The van der Waals surface area contributed by atoms with E-state index in [0.717, 1.165) is 22.4 Å². The van der Waals surface area contributed by atoms with E-state index in [2.05, 4.69) is 126 Å². The highest BCUT2D eigenvalue weighted by molar-refractivity contribution is 7.26. The van der Waals surface area contributed by atoms with Gasteiger partial charge in [0.15, 0.2) is 17.5 Å². The topological polar surface area (TPSA) is 43.6 Å². The van der Waals surface area contributed by atoms with Crippen molar-refractivity contribution in [1.29, 1.82) is 0 Å². The van der Waals surface area contributed by atoms with Gasteiger partial charge in [0.1, 0.15) is 0 Å². The predicted molar refractivity (Wildman–Crippen MR) is 216 cm³/mol. The van der Waals surface area contributed by atoms with E-state index in [0.29, 0.717) is 17.5 Å². The van der Waals surface area contributed by atoms with Gasteiger partial charge in [-0.15, -0.1) is 22.7 Å². The van der Waals surface area contributed by atoms with Crippen molar-refractivity contribution >= 4 is 84.8 Å². The molecule has 6 heteroatoms. The Hall–Kier alpha value is -6.21. The van der Waals surface area contributed by atoms with E-state index in [4.69, 9.17) is 15.0 Å². The minimum Gasteiger partial charge on any atom is -0.309 e. The van der Waals surface area contributed by atoms with Crippen LogP contribution in [0.25, 0.3) is 102 Å². The highest BCUT2D eigenvalue weighted by Crippen LogP contribution is 2.45. The first-order chi connectivity index (χ1) is 25.3. The van der Waals surface area contributed by atoms with Gasteiger partial charge in [-0.25, -0.2) is 15.0 Å². The van der Waals surface area contributed by atoms with Crippen LogP contribution < -0.4 is 0 Å². The molecule has 4 heterocycles. The second kappa shape index (κ2) is 11.2. The monoisotopic (exact) mass is 686 g/mol. The quantitative estimate of drug-likeness (QED) is 0.185. The van der Waals surface area contributed by atoms with Crippen molar-refractivity contribution in [3.63, 3.8) is 0 Å². The van der Waals surface area contributed by atoms with Gasteiger partial charge in [-0.05, 0) is 42.5 Å². The fourth-order valence-corrected chi connectivity index (χ4v) is 9.82. The number of para-hydroxylation sites is 1. The van der Waals surface area contributed by atoms with Gasteiger partial charge in [0.2, 0.25) is 0 Å². The molecule has 0 radical (unpaired) electrons. The van der Waals surface area contributed by atoms with Crippen LogP contribution in [0.2, 0.25) is 0 Å². The molecule has 0 N–H and O–H groups in total. The molecule has 238 valence electrons. The van der Waals surface area contributed by atoms with Crippen molar-refractivity contribution in [3.8, 4) is 39.9 Å². The number of fused-ring (bicyclic) bond motifs is 9. The summed E-state index contributed by atoms with van der Waals surface area (Å²) in [7, 11) is 0. The molecule has 0 bridgehead atoms. The summed E-state index contributed by atoms with van der Waals surface area (Å²) in [5.74, 6) is 1.96. The van der Waals surface area contributed by atoms with Gasteiger partial charge >= 0.3 is 0 Å². The number of rotatable bonds is 4. The van der Waals surface area contributed by atoms with Crippen molar-refractivity contribution in [2.75, 3.05) is 0 Å². The van der Waals surface area contributed by atoms with Gasteiger partial charge in [0.25, 0.3) is 0 Å². The lowest BCUT2D eigenvalue weighted by Crippen LogP contribution is -2.01. The summed E-state index contributed by atoms with van der Waals surface area (Å²) in [6, 6.07) is 56.0. The van der Waals surface area contributed by atoms with Gasteiger partial charge in [-0.3, -0.25) is 0 Å². The Morgan fingerprint density at radius 3 is 1.61 bits per heavy atom. The van der Waals surface area contributed by atoms with E-state index in [-0.39, 0.29) is 0 Å². The van der Waals surface area contributed by atoms with Crippen LogP contribution in [0.4, 0.5) is 0 Å². The highest BCUT2D eigenvalue weighted by Gasteiger charge is 2.21. The summed E-state index contributed by atoms with van der Waals surface area (Å²) >= 11 is 3.68. The molecule has 0 saturated heterocycles. The second-order valence-electron chi connectivity index (χ2n) is 12.8. The average Bonchev–Trinajstić information content (AvgIpc) is 3.86. The molecule has 0 aliphatic carbocycles. The Balaban J connectivity index is 1.26. The van der Waals surface area contributed by atoms with E-state index in [1.165, 1.54) is 62.2 Å². The Morgan fingerprint density at radius 2 is 0.902 bits per heavy atom. The Morgan fingerprint density at radius 1 is 0.353 bits per heavy atom. The molecule has 0 aliphatic rings. The van der Waals surface area contributed by atoms with Crippen LogP contribution in [-0.4, -0.2) is 19.5 Å². The highest BCUT2D eigenvalue weighted by atomic mass is 32.1. The fraction of sp³-hybridized carbons (Fsp3) is 0. The first-order valence-corrected chi connectivity index (χ1v) is 18.6. The zero-order valence-electron chi connectivity index (χ0n) is 27.1. The van der Waals surface area contributed by atoms with Gasteiger partial charge in [0.05, 0.1) is 16.7 Å². The molecular formula is C45H26N4S2. The van der Waals surface area contributed by atoms with Gasteiger partial charge in [-0.1, -0.05) is 115 Å². The molecule has 4 aromatic heterocycles. The van der Waals surface area contributed by atoms with E-state index in [1.54, 1.807) is 0 Å². The minimum atomic E-state index is 0.648. The van der Waals surface area contributed by atoms with Crippen LogP contribution >= 0.6 is 22.7 Å². The molecule has 0 saturated carbocycles. The van der Waals surface area contributed by atoms with E-state index in [9.17, 15) is 0 Å². The zero-order chi connectivity index (χ0) is 33.5. The Kier molecular flexibility index (Phi) is 6.26. The minimum absolute atomic E-state index is 0.648. The van der Waals surface area contributed by atoms with Gasteiger partial charge in [0, 0.05) is 67.8 Å². The molecule has 0 aliphatic heterocycles. The lowest BCUT2D eigenvalue weighted by molar-refractivity contribution is 1.07. The number of thiophene rings is 2. The van der Waals surface area contributed by atoms with Crippen LogP contribution in [0.5, 0.6) is 0 Å². The second-order valence-corrected chi connectivity index (χ2v) is 15.0. The summed E-state index contributed by atoms with van der Waals surface area (Å²) in [6.45, 7) is 0. The lowest BCUT2D eigenvalue weighted by Gasteiger charge is -2.14. The van der Waals surface area contributed by atoms with Crippen LogP contribution in [-0.2, 0) is 0 Å². The average molecular weight is 687 g/mol. The van der Waals surface area contributed by atoms with Crippen LogP contribution in [0, 0.1) is 0 Å². The van der Waals surface area contributed by atoms with Crippen molar-refractivity contribution in [2.24, 2.45) is 0 Å². The summed E-state index contributed by atoms with van der Waals surface area (Å²) < 4.78 is 7.53. The van der Waals surface area contributed by atoms with Crippen molar-refractivity contribution in [1.82, 2.24) is 19.5 Å². The molecule has 11 rings (SSSR count). The largest absolute Gasteiger partial charge is 0.309 e. The van der Waals surface area contributed by atoms with Crippen LogP contribution in [0.1, 0.15) is 0 Å². The van der Waals surface area contributed by atoms with Crippen LogP contribution in [0.15, 0.2) is 158 Å². The van der Waals surface area contributed by atoms with E-state index < -0.39 is 0 Å². The number of hydrogen-bond acceptors (Lipinski definition) is 5. The molecule has 11 aromatic rings. The molecule has 51 heavy (non-hydrogen) atoms. The van der Waals surface area contributed by atoms with E-state index in [1.807, 2.05) is 59.1 Å². The Bertz CT molecular complexity index is 3080. The molecule has 4 nitrogen and oxygen atoms in total.